The van der Waals surface area contributed by atoms with Gasteiger partial charge in [-0.05, 0) is 75.5 Å². The van der Waals surface area contributed by atoms with E-state index in [1.807, 2.05) is 16.5 Å². The van der Waals surface area contributed by atoms with Gasteiger partial charge < -0.3 is 30.6 Å². The number of nitrogens with zero attached hydrogens (tertiary/aromatic N) is 5. The quantitative estimate of drug-likeness (QED) is 0.259. The number of benzene rings is 1. The van der Waals surface area contributed by atoms with Gasteiger partial charge in [0.1, 0.15) is 41.8 Å². The summed E-state index contributed by atoms with van der Waals surface area (Å²) in [6.07, 6.45) is 6.34. The van der Waals surface area contributed by atoms with Gasteiger partial charge in [-0.25, -0.2) is 9.97 Å². The molecule has 7 rings (SSSR count). The molecule has 228 valence electrons. The second-order valence-electron chi connectivity index (χ2n) is 13.4. The van der Waals surface area contributed by atoms with Gasteiger partial charge in [0.2, 0.25) is 0 Å². The molecule has 5 atom stereocenters. The predicted molar refractivity (Wildman–Crippen MR) is 161 cm³/mol. The van der Waals surface area contributed by atoms with Crippen LogP contribution in [0.4, 0.5) is 5.82 Å². The standard InChI is InChI=1S/C31H46N8O3/c1-17(2)38(14-24-27(40)28(41)31(42-24)39-16-33-26-29(32)34-15-37(3)30(26)39)21-11-18(12-21)7-10-25-35-22-9-8-20(13-23(22)36-25)19-5-4-6-19/h8-9,13,16-19,21,24,27-29,31,34,40-41H,4-7,10-12,14-15,32H2,1-3H3,(H,35,36)/t18?,21?,24-,27-,28-,29?,31-/m1/s1. The van der Waals surface area contributed by atoms with Gasteiger partial charge in [0.15, 0.2) is 6.23 Å². The zero-order chi connectivity index (χ0) is 29.1. The molecule has 4 heterocycles. The maximum Gasteiger partial charge on any atom is 0.165 e. The van der Waals surface area contributed by atoms with Crippen molar-refractivity contribution in [3.8, 4) is 0 Å². The number of rotatable bonds is 9. The summed E-state index contributed by atoms with van der Waals surface area (Å²) in [5.41, 5.74) is 10.6. The van der Waals surface area contributed by atoms with Crippen molar-refractivity contribution in [1.29, 1.82) is 0 Å². The van der Waals surface area contributed by atoms with Crippen LogP contribution in [-0.2, 0) is 11.2 Å². The highest BCUT2D eigenvalue weighted by molar-refractivity contribution is 5.76. The molecule has 2 aliphatic heterocycles. The van der Waals surface area contributed by atoms with Crippen molar-refractivity contribution < 1.29 is 14.9 Å². The number of nitrogens with one attached hydrogen (secondary N) is 2. The van der Waals surface area contributed by atoms with E-state index in [-0.39, 0.29) is 6.17 Å². The van der Waals surface area contributed by atoms with E-state index in [4.69, 9.17) is 15.5 Å². The highest BCUT2D eigenvalue weighted by atomic mass is 16.6. The fourth-order valence-corrected chi connectivity index (χ4v) is 7.41. The Bertz CT molecular complexity index is 1400. The summed E-state index contributed by atoms with van der Waals surface area (Å²) in [6, 6.07) is 7.50. The first-order valence-corrected chi connectivity index (χ1v) is 15.8. The molecule has 6 N–H and O–H groups in total. The zero-order valence-corrected chi connectivity index (χ0v) is 25.0. The summed E-state index contributed by atoms with van der Waals surface area (Å²) in [7, 11) is 1.94. The van der Waals surface area contributed by atoms with E-state index in [1.54, 1.807) is 6.33 Å². The molecule has 1 saturated heterocycles. The number of hydrogen-bond acceptors (Lipinski definition) is 9. The van der Waals surface area contributed by atoms with Gasteiger partial charge in [-0.15, -0.1) is 0 Å². The van der Waals surface area contributed by atoms with Gasteiger partial charge in [-0.1, -0.05) is 12.5 Å². The number of aromatic nitrogens is 4. The minimum absolute atomic E-state index is 0.305. The zero-order valence-electron chi connectivity index (χ0n) is 25.0. The molecule has 0 bridgehead atoms. The molecule has 0 spiro atoms. The van der Waals surface area contributed by atoms with Gasteiger partial charge >= 0.3 is 0 Å². The molecule has 11 heteroatoms. The molecule has 1 aromatic carbocycles. The van der Waals surface area contributed by atoms with Crippen molar-refractivity contribution in [2.45, 2.75) is 108 Å². The van der Waals surface area contributed by atoms with E-state index < -0.39 is 24.5 Å². The Kier molecular flexibility index (Phi) is 7.52. The second-order valence-corrected chi connectivity index (χ2v) is 13.4. The molecule has 3 fully saturated rings. The minimum Gasteiger partial charge on any atom is -0.387 e. The van der Waals surface area contributed by atoms with Gasteiger partial charge in [-0.2, -0.15) is 0 Å². The van der Waals surface area contributed by atoms with Gasteiger partial charge in [0.05, 0.1) is 24.0 Å². The minimum atomic E-state index is -1.05. The molecule has 2 aromatic heterocycles. The maximum atomic E-state index is 11.0. The summed E-state index contributed by atoms with van der Waals surface area (Å²) >= 11 is 0. The summed E-state index contributed by atoms with van der Waals surface area (Å²) in [6.45, 7) is 5.54. The smallest absolute Gasteiger partial charge is 0.165 e. The van der Waals surface area contributed by atoms with Crippen LogP contribution in [0.25, 0.3) is 11.0 Å². The third-order valence-electron chi connectivity index (χ3n) is 10.3. The number of anilines is 1. The average molecular weight is 579 g/mol. The van der Waals surface area contributed by atoms with Crippen molar-refractivity contribution in [2.75, 3.05) is 25.2 Å². The Hall–Kier alpha value is -2.54. The first kappa shape index (κ1) is 28.2. The number of aliphatic hydroxyl groups is 2. The molecule has 11 nitrogen and oxygen atoms in total. The molecule has 0 radical (unpaired) electrons. The highest BCUT2D eigenvalue weighted by Gasteiger charge is 2.47. The molecule has 2 aliphatic carbocycles. The molecular weight excluding hydrogens is 532 g/mol. The topological polar surface area (TPSA) is 141 Å². The monoisotopic (exact) mass is 578 g/mol. The van der Waals surface area contributed by atoms with Crippen LogP contribution in [0, 0.1) is 5.92 Å². The number of H-pyrrole nitrogens is 1. The molecule has 3 aromatic rings. The van der Waals surface area contributed by atoms with Crippen LogP contribution >= 0.6 is 0 Å². The molecule has 0 amide bonds. The van der Waals surface area contributed by atoms with Crippen molar-refractivity contribution in [3.05, 3.63) is 41.6 Å². The Labute approximate surface area is 247 Å². The van der Waals surface area contributed by atoms with Crippen molar-refractivity contribution in [1.82, 2.24) is 29.7 Å². The lowest BCUT2D eigenvalue weighted by atomic mass is 9.76. The number of aromatic amines is 1. The lowest BCUT2D eigenvalue weighted by molar-refractivity contribution is -0.0628. The number of aryl methyl sites for hydroxylation is 1. The van der Waals surface area contributed by atoms with Crippen LogP contribution in [0.2, 0.25) is 0 Å². The Balaban J connectivity index is 0.949. The van der Waals surface area contributed by atoms with Crippen LogP contribution < -0.4 is 16.0 Å². The first-order valence-electron chi connectivity index (χ1n) is 15.8. The van der Waals surface area contributed by atoms with Crippen molar-refractivity contribution in [3.63, 3.8) is 0 Å². The summed E-state index contributed by atoms with van der Waals surface area (Å²) in [5.74, 6) is 3.29. The third kappa shape index (κ3) is 5.03. The largest absolute Gasteiger partial charge is 0.387 e. The normalized spacial score (nSPS) is 31.6. The average Bonchev–Trinajstić information content (AvgIpc) is 3.60. The van der Waals surface area contributed by atoms with Crippen LogP contribution in [0.1, 0.15) is 87.8 Å². The Morgan fingerprint density at radius 2 is 2.00 bits per heavy atom. The van der Waals surface area contributed by atoms with Gasteiger partial charge in [-0.3, -0.25) is 14.8 Å². The fourth-order valence-electron chi connectivity index (χ4n) is 7.41. The number of ether oxygens (including phenoxy) is 1. The lowest BCUT2D eigenvalue weighted by Crippen LogP contribution is -2.52. The first-order chi connectivity index (χ1) is 20.3. The number of nitrogens with two attached hydrogens (primary N) is 1. The molecular formula is C31H46N8O3. The van der Waals surface area contributed by atoms with E-state index in [0.717, 1.165) is 54.3 Å². The second kappa shape index (κ2) is 11.2. The third-order valence-corrected chi connectivity index (χ3v) is 10.3. The molecule has 42 heavy (non-hydrogen) atoms. The summed E-state index contributed by atoms with van der Waals surface area (Å²) in [5, 5.41) is 25.3. The molecule has 1 unspecified atom stereocenters. The van der Waals surface area contributed by atoms with Crippen molar-refractivity contribution >= 4 is 16.9 Å². The lowest BCUT2D eigenvalue weighted by Gasteiger charge is -2.46. The van der Waals surface area contributed by atoms with Crippen LogP contribution in [0.5, 0.6) is 0 Å². The van der Waals surface area contributed by atoms with E-state index in [2.05, 4.69) is 52.2 Å². The van der Waals surface area contributed by atoms with E-state index in [0.29, 0.717) is 36.9 Å². The predicted octanol–water partition coefficient (Wildman–Crippen LogP) is 2.72. The fraction of sp³-hybridized carbons (Fsp3) is 0.677. The molecule has 4 aliphatic rings. The summed E-state index contributed by atoms with van der Waals surface area (Å²) in [4.78, 5) is 17.4. The van der Waals surface area contributed by atoms with Crippen LogP contribution in [0.15, 0.2) is 24.5 Å². The number of imidazole rings is 2. The number of hydrogen-bond donors (Lipinski definition) is 5. The highest BCUT2D eigenvalue weighted by Crippen LogP contribution is 2.40. The Morgan fingerprint density at radius 1 is 1.19 bits per heavy atom. The van der Waals surface area contributed by atoms with Crippen LogP contribution in [0.3, 0.4) is 0 Å². The van der Waals surface area contributed by atoms with E-state index in [1.165, 1.54) is 24.8 Å². The van der Waals surface area contributed by atoms with Crippen LogP contribution in [-0.4, -0.2) is 85.3 Å². The summed E-state index contributed by atoms with van der Waals surface area (Å²) < 4.78 is 8.17. The van der Waals surface area contributed by atoms with E-state index >= 15 is 0 Å². The van der Waals surface area contributed by atoms with Gasteiger partial charge in [0, 0.05) is 32.1 Å². The number of fused-ring (bicyclic) bond motifs is 2. The van der Waals surface area contributed by atoms with Crippen molar-refractivity contribution in [2.24, 2.45) is 11.7 Å². The molecule has 2 saturated carbocycles. The number of aliphatic hydroxyl groups excluding tert-OH is 2. The van der Waals surface area contributed by atoms with Gasteiger partial charge in [0.25, 0.3) is 0 Å². The SMILES string of the molecule is CC(C)N(C[C@H]1O[C@@H](n2cnc3c2N(C)CNC3N)[C@H](O)[C@@H]1O)C1CC(CCc2nc3cc(C4CCC4)ccc3[nH]2)C1. The Morgan fingerprint density at radius 3 is 2.74 bits per heavy atom. The van der Waals surface area contributed by atoms with E-state index in [9.17, 15) is 10.2 Å². The maximum absolute atomic E-state index is 11.0.